The van der Waals surface area contributed by atoms with Crippen LogP contribution in [0.15, 0.2) is 36.7 Å². The van der Waals surface area contributed by atoms with Gasteiger partial charge < -0.3 is 5.32 Å². The number of anilines is 1. The van der Waals surface area contributed by atoms with E-state index < -0.39 is 0 Å². The van der Waals surface area contributed by atoms with Gasteiger partial charge in [-0.15, -0.1) is 5.10 Å². The van der Waals surface area contributed by atoms with Crippen LogP contribution in [0.2, 0.25) is 0 Å². The molecule has 1 aromatic heterocycles. The number of amides is 2. The average Bonchev–Trinajstić information content (AvgIpc) is 3.36. The Labute approximate surface area is 146 Å². The van der Waals surface area contributed by atoms with E-state index in [9.17, 15) is 9.59 Å². The van der Waals surface area contributed by atoms with Crippen molar-refractivity contribution in [3.8, 4) is 0 Å². The van der Waals surface area contributed by atoms with Crippen molar-refractivity contribution in [2.45, 2.75) is 39.3 Å². The topological polar surface area (TPSA) is 88.9 Å². The summed E-state index contributed by atoms with van der Waals surface area (Å²) in [5.74, 6) is 1.08. The Kier molecular flexibility index (Phi) is 5.42. The van der Waals surface area contributed by atoms with Gasteiger partial charge in [-0.3, -0.25) is 14.9 Å². The molecule has 7 nitrogen and oxygen atoms in total. The van der Waals surface area contributed by atoms with Gasteiger partial charge in [-0.25, -0.2) is 9.67 Å². The number of aromatic nitrogens is 3. The molecule has 1 saturated carbocycles. The molecule has 2 aromatic rings. The molecule has 2 amide bonds. The molecule has 25 heavy (non-hydrogen) atoms. The SMILES string of the molecule is C[C@H](CC(=O)Nc1ncn(CC(=O)NCc2ccccc2)n1)C1CC1. The first-order valence-corrected chi connectivity index (χ1v) is 8.60. The summed E-state index contributed by atoms with van der Waals surface area (Å²) in [6.07, 6.45) is 4.37. The monoisotopic (exact) mass is 341 g/mol. The molecule has 7 heteroatoms. The Morgan fingerprint density at radius 3 is 2.72 bits per heavy atom. The molecular weight excluding hydrogens is 318 g/mol. The Morgan fingerprint density at radius 2 is 2.00 bits per heavy atom. The molecule has 0 radical (unpaired) electrons. The molecule has 0 bridgehead atoms. The molecule has 2 N–H and O–H groups in total. The predicted octanol–water partition coefficient (Wildman–Crippen LogP) is 1.97. The number of hydrogen-bond donors (Lipinski definition) is 2. The number of rotatable bonds is 8. The molecule has 1 aliphatic carbocycles. The standard InChI is InChI=1S/C18H23N5O2/c1-13(15-7-8-15)9-16(24)21-18-20-12-23(22-18)11-17(25)19-10-14-5-3-2-4-6-14/h2-6,12-13,15H,7-11H2,1H3,(H,19,25)(H,21,22,24)/t13-/m1/s1. The fraction of sp³-hybridized carbons (Fsp3) is 0.444. The second-order valence-corrected chi connectivity index (χ2v) is 6.60. The first-order chi connectivity index (χ1) is 12.1. The molecule has 1 heterocycles. The molecule has 1 aliphatic rings. The molecule has 0 saturated heterocycles. The second-order valence-electron chi connectivity index (χ2n) is 6.60. The molecule has 3 rings (SSSR count). The summed E-state index contributed by atoms with van der Waals surface area (Å²) in [5, 5.41) is 9.65. The van der Waals surface area contributed by atoms with Gasteiger partial charge in [0.15, 0.2) is 0 Å². The van der Waals surface area contributed by atoms with E-state index >= 15 is 0 Å². The second kappa shape index (κ2) is 7.92. The lowest BCUT2D eigenvalue weighted by atomic mass is 10.0. The molecule has 132 valence electrons. The third kappa shape index (κ3) is 5.41. The van der Waals surface area contributed by atoms with Crippen LogP contribution in [0.1, 0.15) is 31.7 Å². The molecule has 0 spiro atoms. The van der Waals surface area contributed by atoms with Crippen molar-refractivity contribution in [3.05, 3.63) is 42.2 Å². The van der Waals surface area contributed by atoms with Crippen LogP contribution in [0.5, 0.6) is 0 Å². The summed E-state index contributed by atoms with van der Waals surface area (Å²) in [5.41, 5.74) is 1.03. The average molecular weight is 341 g/mol. The summed E-state index contributed by atoms with van der Waals surface area (Å²) in [6, 6.07) is 9.69. The van der Waals surface area contributed by atoms with E-state index in [1.165, 1.54) is 23.9 Å². The van der Waals surface area contributed by atoms with Crippen LogP contribution in [-0.4, -0.2) is 26.6 Å². The Morgan fingerprint density at radius 1 is 1.24 bits per heavy atom. The summed E-state index contributed by atoms with van der Waals surface area (Å²) in [4.78, 5) is 28.0. The number of carbonyl (C=O) groups is 2. The van der Waals surface area contributed by atoms with Gasteiger partial charge in [-0.2, -0.15) is 0 Å². The van der Waals surface area contributed by atoms with Crippen molar-refractivity contribution in [2.24, 2.45) is 11.8 Å². The summed E-state index contributed by atoms with van der Waals surface area (Å²) in [6.45, 7) is 2.63. The van der Waals surface area contributed by atoms with E-state index in [1.54, 1.807) is 0 Å². The molecule has 1 atom stereocenters. The Balaban J connectivity index is 1.42. The van der Waals surface area contributed by atoms with Crippen LogP contribution in [-0.2, 0) is 22.7 Å². The lowest BCUT2D eigenvalue weighted by molar-refractivity contribution is -0.122. The summed E-state index contributed by atoms with van der Waals surface area (Å²) < 4.78 is 1.42. The van der Waals surface area contributed by atoms with E-state index in [0.29, 0.717) is 24.8 Å². The van der Waals surface area contributed by atoms with Crippen molar-refractivity contribution in [3.63, 3.8) is 0 Å². The van der Waals surface area contributed by atoms with E-state index in [4.69, 9.17) is 0 Å². The van der Waals surface area contributed by atoms with Gasteiger partial charge >= 0.3 is 0 Å². The van der Waals surface area contributed by atoms with E-state index in [1.807, 2.05) is 30.3 Å². The van der Waals surface area contributed by atoms with Gasteiger partial charge in [0.2, 0.25) is 17.8 Å². The smallest absolute Gasteiger partial charge is 0.248 e. The Bertz CT molecular complexity index is 724. The minimum Gasteiger partial charge on any atom is -0.350 e. The minimum absolute atomic E-state index is 0.0637. The fourth-order valence-electron chi connectivity index (χ4n) is 2.73. The van der Waals surface area contributed by atoms with Gasteiger partial charge in [0.1, 0.15) is 12.9 Å². The maximum atomic E-state index is 12.0. The van der Waals surface area contributed by atoms with Crippen LogP contribution < -0.4 is 10.6 Å². The van der Waals surface area contributed by atoms with Gasteiger partial charge in [0.25, 0.3) is 0 Å². The number of carbonyl (C=O) groups excluding carboxylic acids is 2. The number of benzene rings is 1. The van der Waals surface area contributed by atoms with Crippen molar-refractivity contribution < 1.29 is 9.59 Å². The zero-order valence-electron chi connectivity index (χ0n) is 14.3. The maximum absolute atomic E-state index is 12.0. The lowest BCUT2D eigenvalue weighted by Crippen LogP contribution is -2.27. The summed E-state index contributed by atoms with van der Waals surface area (Å²) in [7, 11) is 0. The highest BCUT2D eigenvalue weighted by Gasteiger charge is 2.29. The van der Waals surface area contributed by atoms with Crippen LogP contribution in [0, 0.1) is 11.8 Å². The third-order valence-electron chi connectivity index (χ3n) is 4.36. The van der Waals surface area contributed by atoms with Crippen LogP contribution in [0.3, 0.4) is 0 Å². The van der Waals surface area contributed by atoms with Crippen molar-refractivity contribution in [1.82, 2.24) is 20.1 Å². The number of hydrogen-bond acceptors (Lipinski definition) is 4. The predicted molar refractivity (Wildman–Crippen MR) is 93.4 cm³/mol. The third-order valence-corrected chi connectivity index (χ3v) is 4.36. The van der Waals surface area contributed by atoms with Crippen LogP contribution in [0.25, 0.3) is 0 Å². The van der Waals surface area contributed by atoms with Crippen molar-refractivity contribution >= 4 is 17.8 Å². The fourth-order valence-corrected chi connectivity index (χ4v) is 2.73. The van der Waals surface area contributed by atoms with E-state index in [0.717, 1.165) is 5.56 Å². The van der Waals surface area contributed by atoms with Crippen LogP contribution >= 0.6 is 0 Å². The molecular formula is C18H23N5O2. The van der Waals surface area contributed by atoms with Gasteiger partial charge in [0, 0.05) is 13.0 Å². The van der Waals surface area contributed by atoms with Gasteiger partial charge in [-0.1, -0.05) is 37.3 Å². The minimum atomic E-state index is -0.158. The maximum Gasteiger partial charge on any atom is 0.248 e. The number of nitrogens with zero attached hydrogens (tertiary/aromatic N) is 3. The van der Waals surface area contributed by atoms with Crippen molar-refractivity contribution in [2.75, 3.05) is 5.32 Å². The van der Waals surface area contributed by atoms with E-state index in [-0.39, 0.29) is 24.3 Å². The molecule has 0 unspecified atom stereocenters. The number of nitrogens with one attached hydrogen (secondary N) is 2. The highest BCUT2D eigenvalue weighted by Crippen LogP contribution is 2.38. The van der Waals surface area contributed by atoms with Gasteiger partial charge in [-0.05, 0) is 30.2 Å². The highest BCUT2D eigenvalue weighted by atomic mass is 16.2. The zero-order valence-corrected chi connectivity index (χ0v) is 14.3. The van der Waals surface area contributed by atoms with Crippen molar-refractivity contribution in [1.29, 1.82) is 0 Å². The van der Waals surface area contributed by atoms with Gasteiger partial charge in [0.05, 0.1) is 0 Å². The summed E-state index contributed by atoms with van der Waals surface area (Å²) >= 11 is 0. The van der Waals surface area contributed by atoms with E-state index in [2.05, 4.69) is 27.6 Å². The first-order valence-electron chi connectivity index (χ1n) is 8.60. The largest absolute Gasteiger partial charge is 0.350 e. The molecule has 0 aliphatic heterocycles. The highest BCUT2D eigenvalue weighted by molar-refractivity contribution is 5.89. The quantitative estimate of drug-likeness (QED) is 0.768. The van der Waals surface area contributed by atoms with Crippen LogP contribution in [0.4, 0.5) is 5.95 Å². The molecule has 1 fully saturated rings. The molecule has 1 aromatic carbocycles. The lowest BCUT2D eigenvalue weighted by Gasteiger charge is -2.08. The zero-order chi connectivity index (χ0) is 17.6. The first kappa shape index (κ1) is 17.1. The normalized spacial score (nSPS) is 14.8. The Hall–Kier alpha value is -2.70.